The fourth-order valence-electron chi connectivity index (χ4n) is 4.25. The molecule has 1 fully saturated rings. The lowest BCUT2D eigenvalue weighted by atomic mass is 9.74. The number of halogens is 6. The predicted octanol–water partition coefficient (Wildman–Crippen LogP) is 5.92. The zero-order valence-electron chi connectivity index (χ0n) is 19.4. The normalized spacial score (nSPS) is 16.3. The van der Waals surface area contributed by atoms with Crippen molar-refractivity contribution in [2.45, 2.75) is 57.0 Å². The Balaban J connectivity index is 2.08. The first-order valence-corrected chi connectivity index (χ1v) is 11.2. The molecule has 0 radical (unpaired) electrons. The smallest absolute Gasteiger partial charge is 0.419 e. The topological polar surface area (TPSA) is 47.6 Å². The van der Waals surface area contributed by atoms with Crippen LogP contribution in [0.2, 0.25) is 0 Å². The van der Waals surface area contributed by atoms with Gasteiger partial charge in [0, 0.05) is 11.0 Å². The van der Waals surface area contributed by atoms with Crippen molar-refractivity contribution in [3.05, 3.63) is 64.7 Å². The molecule has 0 aliphatic carbocycles. The minimum absolute atomic E-state index is 0.0320. The number of carbonyl (C=O) groups excluding carboxylic acids is 1. The van der Waals surface area contributed by atoms with Crippen molar-refractivity contribution < 1.29 is 40.6 Å². The number of esters is 1. The van der Waals surface area contributed by atoms with Gasteiger partial charge in [-0.2, -0.15) is 26.3 Å². The molecular formula is C25H27F6NO3. The van der Waals surface area contributed by atoms with E-state index in [1.165, 1.54) is 13.8 Å². The average molecular weight is 503 g/mol. The Morgan fingerprint density at radius 3 is 2.17 bits per heavy atom. The summed E-state index contributed by atoms with van der Waals surface area (Å²) in [4.78, 5) is 12.2. The van der Waals surface area contributed by atoms with Gasteiger partial charge in [0.2, 0.25) is 0 Å². The number of ether oxygens (including phenoxy) is 2. The quantitative estimate of drug-likeness (QED) is 0.377. The molecule has 0 aromatic heterocycles. The standard InChI is InChI=1S/C25H27F6NO3/c1-16(2)35-21(33)13-17-12-19(24(26,27)28)14-20(25(29,30)31)22(17)34-15-23(8-10-32-11-9-23)18-6-4-3-5-7-18/h3-7,12,14,16,32H,8-11,13,15H2,1-2H3. The first kappa shape index (κ1) is 26.8. The molecule has 192 valence electrons. The molecule has 1 aliphatic rings. The van der Waals surface area contributed by atoms with Gasteiger partial charge in [-0.15, -0.1) is 0 Å². The van der Waals surface area contributed by atoms with Crippen LogP contribution in [-0.4, -0.2) is 31.8 Å². The van der Waals surface area contributed by atoms with E-state index in [1.807, 2.05) is 30.3 Å². The lowest BCUT2D eigenvalue weighted by molar-refractivity contribution is -0.148. The maximum absolute atomic E-state index is 14.0. The lowest BCUT2D eigenvalue weighted by Gasteiger charge is -2.38. The highest BCUT2D eigenvalue weighted by Gasteiger charge is 2.42. The summed E-state index contributed by atoms with van der Waals surface area (Å²) in [6.07, 6.45) is -10.4. The highest BCUT2D eigenvalue weighted by molar-refractivity contribution is 5.74. The van der Waals surface area contributed by atoms with Crippen LogP contribution in [0.15, 0.2) is 42.5 Å². The third kappa shape index (κ3) is 6.68. The molecule has 0 saturated carbocycles. The van der Waals surface area contributed by atoms with E-state index in [0.717, 1.165) is 5.56 Å². The summed E-state index contributed by atoms with van der Waals surface area (Å²) in [6.45, 7) is 4.07. The summed E-state index contributed by atoms with van der Waals surface area (Å²) in [5, 5.41) is 3.20. The molecule has 3 rings (SSSR count). The Labute approximate surface area is 199 Å². The first-order valence-electron chi connectivity index (χ1n) is 11.2. The summed E-state index contributed by atoms with van der Waals surface area (Å²) in [7, 11) is 0. The number of hydrogen-bond donors (Lipinski definition) is 1. The average Bonchev–Trinajstić information content (AvgIpc) is 2.77. The van der Waals surface area contributed by atoms with Crippen molar-refractivity contribution in [1.29, 1.82) is 0 Å². The molecule has 1 heterocycles. The molecule has 1 aliphatic heterocycles. The van der Waals surface area contributed by atoms with Gasteiger partial charge in [-0.3, -0.25) is 4.79 Å². The summed E-state index contributed by atoms with van der Waals surface area (Å²) in [6, 6.07) is 9.71. The Hall–Kier alpha value is -2.75. The number of hydrogen-bond acceptors (Lipinski definition) is 4. The molecule has 2 aromatic rings. The zero-order valence-corrected chi connectivity index (χ0v) is 19.4. The van der Waals surface area contributed by atoms with E-state index in [1.54, 1.807) is 0 Å². The highest BCUT2D eigenvalue weighted by Crippen LogP contribution is 2.44. The fraction of sp³-hybridized carbons (Fsp3) is 0.480. The van der Waals surface area contributed by atoms with Crippen LogP contribution < -0.4 is 10.1 Å². The highest BCUT2D eigenvalue weighted by atomic mass is 19.4. The van der Waals surface area contributed by atoms with Gasteiger partial charge in [-0.1, -0.05) is 30.3 Å². The van der Waals surface area contributed by atoms with Crippen LogP contribution >= 0.6 is 0 Å². The minimum atomic E-state index is -5.14. The summed E-state index contributed by atoms with van der Waals surface area (Å²) in [5.74, 6) is -1.73. The van der Waals surface area contributed by atoms with Crippen LogP contribution in [-0.2, 0) is 33.7 Å². The van der Waals surface area contributed by atoms with E-state index in [-0.39, 0.29) is 12.7 Å². The van der Waals surface area contributed by atoms with E-state index < -0.39 is 58.7 Å². The number of rotatable bonds is 7. The monoisotopic (exact) mass is 503 g/mol. The summed E-state index contributed by atoms with van der Waals surface area (Å²) in [5.41, 5.74) is -3.38. The van der Waals surface area contributed by atoms with Crippen molar-refractivity contribution in [3.63, 3.8) is 0 Å². The van der Waals surface area contributed by atoms with Crippen molar-refractivity contribution >= 4 is 5.97 Å². The second-order valence-electron chi connectivity index (χ2n) is 8.91. The zero-order chi connectivity index (χ0) is 25.9. The van der Waals surface area contributed by atoms with E-state index in [0.29, 0.717) is 32.0 Å². The molecule has 0 bridgehead atoms. The fourth-order valence-corrected chi connectivity index (χ4v) is 4.25. The predicted molar refractivity (Wildman–Crippen MR) is 117 cm³/mol. The number of nitrogens with one attached hydrogen (secondary N) is 1. The van der Waals surface area contributed by atoms with E-state index in [9.17, 15) is 31.1 Å². The molecular weight excluding hydrogens is 476 g/mol. The number of benzene rings is 2. The number of carbonyl (C=O) groups is 1. The van der Waals surface area contributed by atoms with Gasteiger partial charge in [0.1, 0.15) is 5.75 Å². The Morgan fingerprint density at radius 2 is 1.63 bits per heavy atom. The minimum Gasteiger partial charge on any atom is -0.492 e. The molecule has 2 aromatic carbocycles. The van der Waals surface area contributed by atoms with Crippen LogP contribution in [0.5, 0.6) is 5.75 Å². The van der Waals surface area contributed by atoms with Gasteiger partial charge in [-0.05, 0) is 57.5 Å². The van der Waals surface area contributed by atoms with Crippen LogP contribution in [0.25, 0.3) is 0 Å². The van der Waals surface area contributed by atoms with E-state index in [2.05, 4.69) is 5.32 Å². The van der Waals surface area contributed by atoms with E-state index >= 15 is 0 Å². The second-order valence-corrected chi connectivity index (χ2v) is 8.91. The van der Waals surface area contributed by atoms with Crippen LogP contribution in [0.4, 0.5) is 26.3 Å². The number of alkyl halides is 6. The Kier molecular flexibility index (Phi) is 8.03. The third-order valence-corrected chi connectivity index (χ3v) is 5.94. The van der Waals surface area contributed by atoms with Gasteiger partial charge in [0.05, 0.1) is 30.3 Å². The Morgan fingerprint density at radius 1 is 1.00 bits per heavy atom. The molecule has 0 spiro atoms. The molecule has 1 N–H and O–H groups in total. The molecule has 4 nitrogen and oxygen atoms in total. The molecule has 10 heteroatoms. The summed E-state index contributed by atoms with van der Waals surface area (Å²) >= 11 is 0. The van der Waals surface area contributed by atoms with Crippen LogP contribution in [0, 0.1) is 0 Å². The van der Waals surface area contributed by atoms with Gasteiger partial charge >= 0.3 is 18.3 Å². The largest absolute Gasteiger partial charge is 0.492 e. The maximum atomic E-state index is 14.0. The van der Waals surface area contributed by atoms with Gasteiger partial charge in [0.25, 0.3) is 0 Å². The molecule has 0 amide bonds. The Bertz CT molecular complexity index is 1010. The van der Waals surface area contributed by atoms with Crippen LogP contribution in [0.3, 0.4) is 0 Å². The first-order chi connectivity index (χ1) is 16.3. The van der Waals surface area contributed by atoms with Crippen molar-refractivity contribution in [1.82, 2.24) is 5.32 Å². The van der Waals surface area contributed by atoms with Crippen LogP contribution in [0.1, 0.15) is 48.9 Å². The summed E-state index contributed by atoms with van der Waals surface area (Å²) < 4.78 is 92.9. The second kappa shape index (κ2) is 10.5. The van der Waals surface area contributed by atoms with Crippen molar-refractivity contribution in [2.24, 2.45) is 0 Å². The lowest BCUT2D eigenvalue weighted by Crippen LogP contribution is -2.44. The van der Waals surface area contributed by atoms with Crippen molar-refractivity contribution in [2.75, 3.05) is 19.7 Å². The molecule has 1 saturated heterocycles. The van der Waals surface area contributed by atoms with Crippen molar-refractivity contribution in [3.8, 4) is 5.75 Å². The van der Waals surface area contributed by atoms with Gasteiger partial charge < -0.3 is 14.8 Å². The van der Waals surface area contributed by atoms with Gasteiger partial charge in [0.15, 0.2) is 0 Å². The van der Waals surface area contributed by atoms with E-state index in [4.69, 9.17) is 9.47 Å². The maximum Gasteiger partial charge on any atom is 0.419 e. The number of piperidine rings is 1. The molecule has 35 heavy (non-hydrogen) atoms. The molecule has 0 unspecified atom stereocenters. The molecule has 0 atom stereocenters. The SMILES string of the molecule is CC(C)OC(=O)Cc1cc(C(F)(F)F)cc(C(F)(F)F)c1OCC1(c2ccccc2)CCNCC1. The third-order valence-electron chi connectivity index (χ3n) is 5.94. The van der Waals surface area contributed by atoms with Gasteiger partial charge in [-0.25, -0.2) is 0 Å².